The average Bonchev–Trinajstić information content (AvgIpc) is 2.48. The summed E-state index contributed by atoms with van der Waals surface area (Å²) < 4.78 is 23.2. The molecule has 1 heterocycles. The first-order valence-corrected chi connectivity index (χ1v) is 6.55. The molecule has 1 N–H and O–H groups in total. The van der Waals surface area contributed by atoms with Crippen LogP contribution in [0.25, 0.3) is 0 Å². The molecular formula is C13H13ClFNO5. The van der Waals surface area contributed by atoms with Crippen LogP contribution in [0.3, 0.4) is 0 Å². The lowest BCUT2D eigenvalue weighted by Crippen LogP contribution is -2.49. The molecule has 1 fully saturated rings. The Hall–Kier alpha value is -1.86. The Labute approximate surface area is 125 Å². The number of morpholine rings is 1. The van der Waals surface area contributed by atoms with E-state index >= 15 is 0 Å². The molecule has 1 amide bonds. The molecule has 1 aromatic carbocycles. The van der Waals surface area contributed by atoms with Crippen molar-refractivity contribution in [2.75, 3.05) is 26.3 Å². The van der Waals surface area contributed by atoms with Crippen molar-refractivity contribution in [3.63, 3.8) is 0 Å². The second kappa shape index (κ2) is 6.73. The van der Waals surface area contributed by atoms with E-state index in [1.165, 1.54) is 17.0 Å². The normalized spacial score (nSPS) is 18.4. The van der Waals surface area contributed by atoms with Crippen molar-refractivity contribution < 1.29 is 28.6 Å². The van der Waals surface area contributed by atoms with Gasteiger partial charge in [-0.2, -0.15) is 0 Å². The van der Waals surface area contributed by atoms with Crippen LogP contribution in [0.2, 0.25) is 5.02 Å². The van der Waals surface area contributed by atoms with Gasteiger partial charge in [-0.05, 0) is 12.1 Å². The molecule has 2 rings (SSSR count). The summed E-state index contributed by atoms with van der Waals surface area (Å²) in [6, 6.07) is 3.76. The number of hydrogen-bond acceptors (Lipinski definition) is 4. The Bertz CT molecular complexity index is 553. The predicted molar refractivity (Wildman–Crippen MR) is 70.9 cm³/mol. The van der Waals surface area contributed by atoms with Crippen molar-refractivity contribution in [3.8, 4) is 5.75 Å². The van der Waals surface area contributed by atoms with Gasteiger partial charge in [-0.25, -0.2) is 9.18 Å². The smallest absolute Gasteiger partial charge is 0.334 e. The highest BCUT2D eigenvalue weighted by atomic mass is 35.5. The van der Waals surface area contributed by atoms with Crippen LogP contribution in [-0.2, 0) is 14.3 Å². The van der Waals surface area contributed by atoms with E-state index in [1.807, 2.05) is 0 Å². The van der Waals surface area contributed by atoms with Gasteiger partial charge in [-0.15, -0.1) is 0 Å². The fourth-order valence-electron chi connectivity index (χ4n) is 1.83. The van der Waals surface area contributed by atoms with Gasteiger partial charge in [0.2, 0.25) is 0 Å². The van der Waals surface area contributed by atoms with Gasteiger partial charge in [-0.3, -0.25) is 4.79 Å². The van der Waals surface area contributed by atoms with Crippen molar-refractivity contribution in [3.05, 3.63) is 29.0 Å². The maximum atomic E-state index is 13.0. The summed E-state index contributed by atoms with van der Waals surface area (Å²) in [4.78, 5) is 24.1. The van der Waals surface area contributed by atoms with Gasteiger partial charge < -0.3 is 19.5 Å². The lowest BCUT2D eigenvalue weighted by molar-refractivity contribution is -0.159. The van der Waals surface area contributed by atoms with Crippen molar-refractivity contribution in [2.24, 2.45) is 0 Å². The highest BCUT2D eigenvalue weighted by molar-refractivity contribution is 6.30. The molecule has 6 nitrogen and oxygen atoms in total. The zero-order valence-electron chi connectivity index (χ0n) is 10.9. The SMILES string of the molecule is O=C(O)[C@@H]1CN(C(=O)COc2ccc(F)c(Cl)c2)CCO1. The van der Waals surface area contributed by atoms with Crippen LogP contribution < -0.4 is 4.74 Å². The Morgan fingerprint density at radius 3 is 2.95 bits per heavy atom. The third kappa shape index (κ3) is 4.05. The van der Waals surface area contributed by atoms with Crippen LogP contribution in [0.5, 0.6) is 5.75 Å². The molecule has 0 aliphatic carbocycles. The second-order valence-electron chi connectivity index (χ2n) is 4.40. The summed E-state index contributed by atoms with van der Waals surface area (Å²) >= 11 is 5.60. The van der Waals surface area contributed by atoms with E-state index in [2.05, 4.69) is 0 Å². The first kappa shape index (κ1) is 15.5. The van der Waals surface area contributed by atoms with E-state index < -0.39 is 17.9 Å². The number of ether oxygens (including phenoxy) is 2. The number of halogens is 2. The largest absolute Gasteiger partial charge is 0.484 e. The van der Waals surface area contributed by atoms with E-state index in [1.54, 1.807) is 0 Å². The van der Waals surface area contributed by atoms with Gasteiger partial charge in [0.05, 0.1) is 18.2 Å². The molecule has 21 heavy (non-hydrogen) atoms. The number of carboxylic acid groups (broad SMARTS) is 1. The third-order valence-corrected chi connectivity index (χ3v) is 3.24. The van der Waals surface area contributed by atoms with Crippen molar-refractivity contribution in [2.45, 2.75) is 6.10 Å². The molecule has 0 aromatic heterocycles. The van der Waals surface area contributed by atoms with Crippen LogP contribution >= 0.6 is 11.6 Å². The van der Waals surface area contributed by atoms with Gasteiger partial charge >= 0.3 is 5.97 Å². The van der Waals surface area contributed by atoms with Crippen LogP contribution in [0.1, 0.15) is 0 Å². The molecule has 8 heteroatoms. The first-order chi connectivity index (χ1) is 9.97. The van der Waals surface area contributed by atoms with E-state index in [9.17, 15) is 14.0 Å². The molecule has 1 aliphatic heterocycles. The minimum absolute atomic E-state index is 0.0261. The zero-order chi connectivity index (χ0) is 15.4. The van der Waals surface area contributed by atoms with Gasteiger partial charge in [-0.1, -0.05) is 11.6 Å². The predicted octanol–water partition coefficient (Wildman–Crippen LogP) is 1.17. The quantitative estimate of drug-likeness (QED) is 0.902. The average molecular weight is 318 g/mol. The molecule has 1 aromatic rings. The molecule has 1 atom stereocenters. The monoisotopic (exact) mass is 317 g/mol. The third-order valence-electron chi connectivity index (χ3n) is 2.95. The van der Waals surface area contributed by atoms with Gasteiger partial charge in [0, 0.05) is 12.6 Å². The molecule has 1 aliphatic rings. The lowest BCUT2D eigenvalue weighted by Gasteiger charge is -2.30. The summed E-state index contributed by atoms with van der Waals surface area (Å²) in [6.45, 7) is 0.150. The number of carbonyl (C=O) groups is 2. The van der Waals surface area contributed by atoms with E-state index in [-0.39, 0.29) is 36.4 Å². The molecular weight excluding hydrogens is 305 g/mol. The second-order valence-corrected chi connectivity index (χ2v) is 4.81. The van der Waals surface area contributed by atoms with Gasteiger partial charge in [0.1, 0.15) is 11.6 Å². The van der Waals surface area contributed by atoms with E-state index in [0.29, 0.717) is 6.54 Å². The molecule has 0 spiro atoms. The number of nitrogens with zero attached hydrogens (tertiary/aromatic N) is 1. The highest BCUT2D eigenvalue weighted by Crippen LogP contribution is 2.21. The van der Waals surface area contributed by atoms with Crippen LogP contribution in [0.4, 0.5) is 4.39 Å². The summed E-state index contributed by atoms with van der Waals surface area (Å²) in [5.74, 6) is -1.80. The Balaban J connectivity index is 1.89. The topological polar surface area (TPSA) is 76.1 Å². The van der Waals surface area contributed by atoms with Crippen molar-refractivity contribution in [1.29, 1.82) is 0 Å². The number of carbonyl (C=O) groups excluding carboxylic acids is 1. The van der Waals surface area contributed by atoms with E-state index in [4.69, 9.17) is 26.2 Å². The fourth-order valence-corrected chi connectivity index (χ4v) is 2.00. The number of carboxylic acids is 1. The number of benzene rings is 1. The minimum atomic E-state index is -1.11. The summed E-state index contributed by atoms with van der Waals surface area (Å²) in [6.07, 6.45) is -1.03. The van der Waals surface area contributed by atoms with Gasteiger partial charge in [0.15, 0.2) is 12.7 Å². The Kier molecular flexibility index (Phi) is 4.98. The molecule has 0 bridgehead atoms. The molecule has 1 saturated heterocycles. The fraction of sp³-hybridized carbons (Fsp3) is 0.385. The lowest BCUT2D eigenvalue weighted by atomic mass is 10.2. The molecule has 0 unspecified atom stereocenters. The molecule has 0 radical (unpaired) electrons. The number of hydrogen-bond donors (Lipinski definition) is 1. The minimum Gasteiger partial charge on any atom is -0.484 e. The Morgan fingerprint density at radius 1 is 1.52 bits per heavy atom. The summed E-state index contributed by atoms with van der Waals surface area (Å²) in [5, 5.41) is 8.76. The molecule has 0 saturated carbocycles. The zero-order valence-corrected chi connectivity index (χ0v) is 11.7. The highest BCUT2D eigenvalue weighted by Gasteiger charge is 2.29. The summed E-state index contributed by atoms with van der Waals surface area (Å²) in [5.41, 5.74) is 0. The van der Waals surface area contributed by atoms with E-state index in [0.717, 1.165) is 6.07 Å². The Morgan fingerprint density at radius 2 is 2.29 bits per heavy atom. The van der Waals surface area contributed by atoms with Crippen molar-refractivity contribution in [1.82, 2.24) is 4.90 Å². The van der Waals surface area contributed by atoms with Crippen molar-refractivity contribution >= 4 is 23.5 Å². The van der Waals surface area contributed by atoms with Crippen LogP contribution in [-0.4, -0.2) is 54.3 Å². The number of rotatable bonds is 4. The van der Waals surface area contributed by atoms with Gasteiger partial charge in [0.25, 0.3) is 5.91 Å². The first-order valence-electron chi connectivity index (χ1n) is 6.17. The number of aliphatic carboxylic acids is 1. The maximum Gasteiger partial charge on any atom is 0.334 e. The summed E-state index contributed by atoms with van der Waals surface area (Å²) in [7, 11) is 0. The number of amides is 1. The van der Waals surface area contributed by atoms with Crippen LogP contribution in [0, 0.1) is 5.82 Å². The van der Waals surface area contributed by atoms with Crippen LogP contribution in [0.15, 0.2) is 18.2 Å². The maximum absolute atomic E-state index is 13.0. The molecule has 114 valence electrons. The standard InChI is InChI=1S/C13H13ClFNO5/c14-9-5-8(1-2-10(9)15)21-7-12(17)16-3-4-20-11(6-16)13(18)19/h1-2,5,11H,3-4,6-7H2,(H,18,19)/t11-/m0/s1.